The smallest absolute Gasteiger partial charge is 0.252 e. The molecule has 0 aliphatic carbocycles. The van der Waals surface area contributed by atoms with Crippen LogP contribution in [-0.2, 0) is 20.0 Å². The second-order valence-corrected chi connectivity index (χ2v) is 12.1. The van der Waals surface area contributed by atoms with E-state index in [1.165, 1.54) is 15.6 Å². The van der Waals surface area contributed by atoms with Crippen molar-refractivity contribution >= 4 is 31.4 Å². The first-order chi connectivity index (χ1) is 14.3. The standard InChI is InChI=1S/C20H28N2O5S3/c1-3-27-18-10-9-16(2)15-19(18)29(23,24)21-12-11-17-7-4-5-13-22(17)30(25,26)20-8-6-14-28-20/h6,8-10,14-15,17,21H,3-5,7,11-13H2,1-2H3. The molecule has 0 bridgehead atoms. The molecule has 0 radical (unpaired) electrons. The second kappa shape index (κ2) is 9.78. The number of thiophene rings is 1. The summed E-state index contributed by atoms with van der Waals surface area (Å²) in [6, 6.07) is 8.16. The van der Waals surface area contributed by atoms with E-state index in [1.807, 2.05) is 6.92 Å². The fourth-order valence-electron chi connectivity index (χ4n) is 3.64. The van der Waals surface area contributed by atoms with E-state index in [9.17, 15) is 16.8 Å². The van der Waals surface area contributed by atoms with Crippen LogP contribution in [0.2, 0.25) is 0 Å². The Hall–Kier alpha value is -1.46. The molecule has 1 atom stereocenters. The van der Waals surface area contributed by atoms with E-state index in [0.717, 1.165) is 24.8 Å². The molecule has 1 aliphatic rings. The van der Waals surface area contributed by atoms with Gasteiger partial charge < -0.3 is 4.74 Å². The molecule has 1 fully saturated rings. The van der Waals surface area contributed by atoms with E-state index < -0.39 is 20.0 Å². The predicted molar refractivity (Wildman–Crippen MR) is 118 cm³/mol. The molecule has 1 aromatic heterocycles. The molecule has 2 heterocycles. The molecule has 3 rings (SSSR count). The van der Waals surface area contributed by atoms with Gasteiger partial charge in [-0.05, 0) is 62.3 Å². The molecule has 1 aliphatic heterocycles. The third-order valence-corrected chi connectivity index (χ3v) is 9.90. The lowest BCUT2D eigenvalue weighted by Crippen LogP contribution is -2.44. The number of hydrogen-bond donors (Lipinski definition) is 1. The Morgan fingerprint density at radius 1 is 1.20 bits per heavy atom. The number of aryl methyl sites for hydroxylation is 1. The Kier molecular flexibility index (Phi) is 7.56. The van der Waals surface area contributed by atoms with Crippen LogP contribution >= 0.6 is 11.3 Å². The van der Waals surface area contributed by atoms with E-state index in [-0.39, 0.29) is 17.5 Å². The summed E-state index contributed by atoms with van der Waals surface area (Å²) in [7, 11) is -7.32. The number of sulfonamides is 2. The van der Waals surface area contributed by atoms with E-state index in [2.05, 4.69) is 4.72 Å². The zero-order valence-electron chi connectivity index (χ0n) is 17.2. The molecule has 1 saturated heterocycles. The van der Waals surface area contributed by atoms with Gasteiger partial charge in [0.15, 0.2) is 0 Å². The summed E-state index contributed by atoms with van der Waals surface area (Å²) in [6.07, 6.45) is 2.88. The molecule has 1 unspecified atom stereocenters. The fourth-order valence-corrected chi connectivity index (χ4v) is 7.76. The maximum absolute atomic E-state index is 13.0. The summed E-state index contributed by atoms with van der Waals surface area (Å²) < 4.78 is 61.6. The summed E-state index contributed by atoms with van der Waals surface area (Å²) in [5.74, 6) is 0.315. The quantitative estimate of drug-likeness (QED) is 0.604. The van der Waals surface area contributed by atoms with Crippen LogP contribution in [0.5, 0.6) is 5.75 Å². The number of benzene rings is 1. The summed E-state index contributed by atoms with van der Waals surface area (Å²) in [5.41, 5.74) is 0.819. The van der Waals surface area contributed by atoms with E-state index >= 15 is 0 Å². The van der Waals surface area contributed by atoms with Gasteiger partial charge in [-0.1, -0.05) is 18.6 Å². The maximum atomic E-state index is 13.0. The summed E-state index contributed by atoms with van der Waals surface area (Å²) in [5, 5.41) is 1.75. The van der Waals surface area contributed by atoms with E-state index in [4.69, 9.17) is 4.74 Å². The van der Waals surface area contributed by atoms with Crippen molar-refractivity contribution < 1.29 is 21.6 Å². The fraction of sp³-hybridized carbons (Fsp3) is 0.500. The Balaban J connectivity index is 1.71. The number of nitrogens with one attached hydrogen (secondary N) is 1. The molecule has 1 N–H and O–H groups in total. The minimum Gasteiger partial charge on any atom is -0.492 e. The van der Waals surface area contributed by atoms with Gasteiger partial charge in [0.2, 0.25) is 10.0 Å². The number of rotatable bonds is 9. The number of piperidine rings is 1. The van der Waals surface area contributed by atoms with Crippen LogP contribution < -0.4 is 9.46 Å². The highest BCUT2D eigenvalue weighted by atomic mass is 32.2. The molecular weight excluding hydrogens is 444 g/mol. The topological polar surface area (TPSA) is 92.8 Å². The average Bonchev–Trinajstić information content (AvgIpc) is 3.25. The van der Waals surface area contributed by atoms with Crippen molar-refractivity contribution in [3.05, 3.63) is 41.3 Å². The third kappa shape index (κ3) is 5.23. The molecule has 1 aromatic carbocycles. The monoisotopic (exact) mass is 472 g/mol. The van der Waals surface area contributed by atoms with Crippen molar-refractivity contribution in [2.45, 2.75) is 54.7 Å². The minimum atomic E-state index is -3.77. The Morgan fingerprint density at radius 3 is 2.70 bits per heavy atom. The van der Waals surface area contributed by atoms with E-state index in [0.29, 0.717) is 29.5 Å². The van der Waals surface area contributed by atoms with Crippen LogP contribution in [0.4, 0.5) is 0 Å². The number of nitrogens with zero attached hydrogens (tertiary/aromatic N) is 1. The van der Waals surface area contributed by atoms with Crippen molar-refractivity contribution in [1.82, 2.24) is 9.03 Å². The van der Waals surface area contributed by atoms with Crippen LogP contribution in [0.25, 0.3) is 0 Å². The van der Waals surface area contributed by atoms with Crippen molar-refractivity contribution in [3.63, 3.8) is 0 Å². The lowest BCUT2D eigenvalue weighted by molar-refractivity contribution is 0.242. The molecule has 7 nitrogen and oxygen atoms in total. The number of hydrogen-bond acceptors (Lipinski definition) is 6. The van der Waals surface area contributed by atoms with E-state index in [1.54, 1.807) is 42.6 Å². The highest BCUT2D eigenvalue weighted by Crippen LogP contribution is 2.29. The summed E-state index contributed by atoms with van der Waals surface area (Å²) >= 11 is 1.20. The van der Waals surface area contributed by atoms with Gasteiger partial charge in [0.1, 0.15) is 14.9 Å². The third-order valence-electron chi connectivity index (χ3n) is 5.09. The van der Waals surface area contributed by atoms with Gasteiger partial charge in [0, 0.05) is 19.1 Å². The van der Waals surface area contributed by atoms with Gasteiger partial charge in [0.25, 0.3) is 10.0 Å². The first-order valence-electron chi connectivity index (χ1n) is 10.0. The minimum absolute atomic E-state index is 0.107. The molecule has 30 heavy (non-hydrogen) atoms. The normalized spacial score (nSPS) is 18.4. The Labute approximate surface area is 183 Å². The Bertz CT molecular complexity index is 1050. The summed E-state index contributed by atoms with van der Waals surface area (Å²) in [4.78, 5) is 0.107. The number of ether oxygens (including phenoxy) is 1. The Morgan fingerprint density at radius 2 is 2.00 bits per heavy atom. The van der Waals surface area contributed by atoms with Crippen molar-refractivity contribution in [3.8, 4) is 5.75 Å². The largest absolute Gasteiger partial charge is 0.492 e. The lowest BCUT2D eigenvalue weighted by atomic mass is 10.0. The van der Waals surface area contributed by atoms with Crippen LogP contribution in [0.1, 0.15) is 38.2 Å². The zero-order chi connectivity index (χ0) is 21.8. The van der Waals surface area contributed by atoms with Crippen LogP contribution in [-0.4, -0.2) is 46.9 Å². The van der Waals surface area contributed by atoms with Gasteiger partial charge in [0.05, 0.1) is 6.61 Å². The maximum Gasteiger partial charge on any atom is 0.252 e. The molecule has 10 heteroatoms. The predicted octanol–water partition coefficient (Wildman–Crippen LogP) is 3.37. The van der Waals surface area contributed by atoms with Gasteiger partial charge >= 0.3 is 0 Å². The summed E-state index contributed by atoms with van der Waals surface area (Å²) in [6.45, 7) is 4.61. The SMILES string of the molecule is CCOc1ccc(C)cc1S(=O)(=O)NCCC1CCCCN1S(=O)(=O)c1cccs1. The van der Waals surface area contributed by atoms with Crippen molar-refractivity contribution in [2.24, 2.45) is 0 Å². The highest BCUT2D eigenvalue weighted by molar-refractivity contribution is 7.91. The van der Waals surface area contributed by atoms with Crippen LogP contribution in [0, 0.1) is 6.92 Å². The van der Waals surface area contributed by atoms with Gasteiger partial charge in [-0.2, -0.15) is 4.31 Å². The second-order valence-electron chi connectivity index (χ2n) is 7.27. The van der Waals surface area contributed by atoms with Crippen LogP contribution in [0.15, 0.2) is 44.8 Å². The highest BCUT2D eigenvalue weighted by Gasteiger charge is 2.34. The van der Waals surface area contributed by atoms with Crippen molar-refractivity contribution in [1.29, 1.82) is 0 Å². The molecular formula is C20H28N2O5S3. The molecule has 0 saturated carbocycles. The molecule has 0 amide bonds. The molecule has 2 aromatic rings. The first kappa shape index (κ1) is 23.2. The molecule has 0 spiro atoms. The van der Waals surface area contributed by atoms with Crippen molar-refractivity contribution in [2.75, 3.05) is 19.7 Å². The van der Waals surface area contributed by atoms with Gasteiger partial charge in [-0.15, -0.1) is 11.3 Å². The van der Waals surface area contributed by atoms with Gasteiger partial charge in [-0.25, -0.2) is 21.6 Å². The zero-order valence-corrected chi connectivity index (χ0v) is 19.7. The average molecular weight is 473 g/mol. The lowest BCUT2D eigenvalue weighted by Gasteiger charge is -2.34. The van der Waals surface area contributed by atoms with Crippen LogP contribution in [0.3, 0.4) is 0 Å². The van der Waals surface area contributed by atoms with Gasteiger partial charge in [-0.3, -0.25) is 0 Å². The molecule has 166 valence electrons. The first-order valence-corrected chi connectivity index (χ1v) is 13.8.